The van der Waals surface area contributed by atoms with E-state index in [0.717, 1.165) is 68.9 Å². The van der Waals surface area contributed by atoms with Gasteiger partial charge in [-0.15, -0.1) is 0 Å². The van der Waals surface area contributed by atoms with E-state index in [9.17, 15) is 4.39 Å². The largest absolute Gasteiger partial charge is 0.357 e. The van der Waals surface area contributed by atoms with Crippen LogP contribution in [0, 0.1) is 12.7 Å². The lowest BCUT2D eigenvalue weighted by atomic mass is 9.96. The average molecular weight is 478 g/mol. The van der Waals surface area contributed by atoms with Gasteiger partial charge in [0.2, 0.25) is 0 Å². The summed E-state index contributed by atoms with van der Waals surface area (Å²) < 4.78 is 14.7. The van der Waals surface area contributed by atoms with E-state index in [0.29, 0.717) is 5.56 Å². The molecule has 0 amide bonds. The molecule has 3 heterocycles. The molecule has 0 saturated heterocycles. The summed E-state index contributed by atoms with van der Waals surface area (Å²) in [5.74, 6) is -0.271. The summed E-state index contributed by atoms with van der Waals surface area (Å²) in [4.78, 5) is 7.89. The number of halogens is 1. The highest BCUT2D eigenvalue weighted by Crippen LogP contribution is 2.35. The number of rotatable bonds is 8. The van der Waals surface area contributed by atoms with Gasteiger partial charge in [-0.3, -0.25) is 10.1 Å². The number of allylic oxidation sites excluding steroid dienone is 2. The molecule has 2 aromatic carbocycles. The van der Waals surface area contributed by atoms with E-state index in [-0.39, 0.29) is 5.82 Å². The molecule has 0 bridgehead atoms. The summed E-state index contributed by atoms with van der Waals surface area (Å²) >= 11 is 0. The second kappa shape index (κ2) is 10.1. The van der Waals surface area contributed by atoms with Gasteiger partial charge in [0.25, 0.3) is 0 Å². The lowest BCUT2D eigenvalue weighted by molar-refractivity contribution is 0.624. The smallest absolute Gasteiger partial charge is 0.131 e. The molecule has 0 aliphatic rings. The highest BCUT2D eigenvalue weighted by Gasteiger charge is 2.18. The predicted octanol–water partition coefficient (Wildman–Crippen LogP) is 6.79. The summed E-state index contributed by atoms with van der Waals surface area (Å²) in [5, 5.41) is 12.1. The van der Waals surface area contributed by atoms with Crippen molar-refractivity contribution in [1.29, 1.82) is 0 Å². The summed E-state index contributed by atoms with van der Waals surface area (Å²) in [6.07, 6.45) is 7.30. The number of aromatic nitrogens is 4. The predicted molar refractivity (Wildman–Crippen MR) is 145 cm³/mol. The van der Waals surface area contributed by atoms with E-state index in [4.69, 9.17) is 0 Å². The van der Waals surface area contributed by atoms with Crippen LogP contribution in [0.5, 0.6) is 0 Å². The van der Waals surface area contributed by atoms with Gasteiger partial charge in [0, 0.05) is 46.7 Å². The normalized spacial score (nSPS) is 11.8. The molecule has 0 saturated carbocycles. The standard InChI is InChI=1S/C30H28FN5/c1-4-8-23(24-9-6-7-10-27(24)31)25-15-29(34-19(25)3)30-26-14-21(11-12-28(26)35-36-30)22-13-20(16-32-5-2)17-33-18-22/h4,6-15,17-18,32,34H,1,5,16H2,2-3H3,(H,35,36)/b23-8-. The highest BCUT2D eigenvalue weighted by molar-refractivity contribution is 5.96. The van der Waals surface area contributed by atoms with Crippen LogP contribution >= 0.6 is 0 Å². The fraction of sp³-hybridized carbons (Fsp3) is 0.133. The minimum Gasteiger partial charge on any atom is -0.357 e. The maximum absolute atomic E-state index is 14.7. The Bertz CT molecular complexity index is 1570. The van der Waals surface area contributed by atoms with Crippen molar-refractivity contribution in [1.82, 2.24) is 25.5 Å². The van der Waals surface area contributed by atoms with Crippen LogP contribution in [0.15, 0.2) is 85.7 Å². The van der Waals surface area contributed by atoms with Crippen LogP contribution in [-0.4, -0.2) is 26.7 Å². The lowest BCUT2D eigenvalue weighted by Crippen LogP contribution is -2.11. The number of aromatic amines is 2. The Labute approximate surface area is 209 Å². The van der Waals surface area contributed by atoms with E-state index in [1.807, 2.05) is 43.6 Å². The third kappa shape index (κ3) is 4.51. The van der Waals surface area contributed by atoms with E-state index in [1.54, 1.807) is 18.2 Å². The van der Waals surface area contributed by atoms with Crippen molar-refractivity contribution in [2.75, 3.05) is 6.54 Å². The van der Waals surface area contributed by atoms with Gasteiger partial charge in [-0.2, -0.15) is 5.10 Å². The van der Waals surface area contributed by atoms with Crippen molar-refractivity contribution in [3.8, 4) is 22.5 Å². The Hall–Kier alpha value is -4.29. The summed E-state index contributed by atoms with van der Waals surface area (Å²) in [5.41, 5.74) is 9.00. The second-order valence-corrected chi connectivity index (χ2v) is 8.71. The van der Waals surface area contributed by atoms with Gasteiger partial charge in [0.15, 0.2) is 0 Å². The first kappa shape index (κ1) is 23.5. The van der Waals surface area contributed by atoms with Crippen LogP contribution in [0.3, 0.4) is 0 Å². The average Bonchev–Trinajstić information content (AvgIpc) is 3.49. The molecular weight excluding hydrogens is 449 g/mol. The van der Waals surface area contributed by atoms with Crippen molar-refractivity contribution in [3.63, 3.8) is 0 Å². The van der Waals surface area contributed by atoms with Crippen LogP contribution in [-0.2, 0) is 6.54 Å². The number of pyridine rings is 1. The molecule has 3 aromatic heterocycles. The topological polar surface area (TPSA) is 69.4 Å². The Morgan fingerprint density at radius 3 is 2.72 bits per heavy atom. The molecule has 0 fully saturated rings. The van der Waals surface area contributed by atoms with Gasteiger partial charge in [0.05, 0.1) is 11.2 Å². The zero-order valence-corrected chi connectivity index (χ0v) is 20.4. The van der Waals surface area contributed by atoms with Crippen molar-refractivity contribution in [3.05, 3.63) is 114 Å². The third-order valence-corrected chi connectivity index (χ3v) is 6.28. The van der Waals surface area contributed by atoms with E-state index in [2.05, 4.69) is 57.2 Å². The zero-order chi connectivity index (χ0) is 25.1. The Balaban J connectivity index is 1.56. The van der Waals surface area contributed by atoms with E-state index >= 15 is 0 Å². The number of nitrogens with one attached hydrogen (secondary N) is 3. The molecule has 0 spiro atoms. The molecule has 5 aromatic rings. The van der Waals surface area contributed by atoms with Crippen LogP contribution < -0.4 is 5.32 Å². The summed E-state index contributed by atoms with van der Waals surface area (Å²) in [6, 6.07) is 17.2. The van der Waals surface area contributed by atoms with Gasteiger partial charge in [0.1, 0.15) is 11.5 Å². The molecule has 5 nitrogen and oxygen atoms in total. The van der Waals surface area contributed by atoms with Gasteiger partial charge < -0.3 is 10.3 Å². The minimum absolute atomic E-state index is 0.271. The van der Waals surface area contributed by atoms with Crippen LogP contribution in [0.2, 0.25) is 0 Å². The highest BCUT2D eigenvalue weighted by atomic mass is 19.1. The maximum atomic E-state index is 14.7. The van der Waals surface area contributed by atoms with Gasteiger partial charge >= 0.3 is 0 Å². The number of hydrogen-bond acceptors (Lipinski definition) is 3. The Kier molecular flexibility index (Phi) is 6.60. The van der Waals surface area contributed by atoms with Crippen LogP contribution in [0.25, 0.3) is 39.0 Å². The molecule has 5 rings (SSSR count). The molecule has 0 aliphatic heterocycles. The van der Waals surface area contributed by atoms with Gasteiger partial charge in [-0.05, 0) is 60.5 Å². The molecule has 36 heavy (non-hydrogen) atoms. The second-order valence-electron chi connectivity index (χ2n) is 8.71. The molecule has 0 unspecified atom stereocenters. The first-order chi connectivity index (χ1) is 17.6. The van der Waals surface area contributed by atoms with Gasteiger partial charge in [-0.1, -0.05) is 49.9 Å². The van der Waals surface area contributed by atoms with E-state index < -0.39 is 0 Å². The molecule has 0 radical (unpaired) electrons. The number of aryl methyl sites for hydroxylation is 1. The quantitative estimate of drug-likeness (QED) is 0.215. The first-order valence-corrected chi connectivity index (χ1v) is 12.0. The summed E-state index contributed by atoms with van der Waals surface area (Å²) in [6.45, 7) is 9.60. The molecule has 0 atom stereocenters. The minimum atomic E-state index is -0.271. The number of H-pyrrole nitrogens is 2. The number of fused-ring (bicyclic) bond motifs is 1. The molecular formula is C30H28FN5. The lowest BCUT2D eigenvalue weighted by Gasteiger charge is -2.08. The number of nitrogens with zero attached hydrogens (tertiary/aromatic N) is 2. The molecule has 180 valence electrons. The first-order valence-electron chi connectivity index (χ1n) is 12.0. The summed E-state index contributed by atoms with van der Waals surface area (Å²) in [7, 11) is 0. The van der Waals surface area contributed by atoms with Crippen molar-refractivity contribution in [2.24, 2.45) is 0 Å². The van der Waals surface area contributed by atoms with Gasteiger partial charge in [-0.25, -0.2) is 4.39 Å². The van der Waals surface area contributed by atoms with E-state index in [1.165, 1.54) is 6.07 Å². The number of hydrogen-bond donors (Lipinski definition) is 3. The fourth-order valence-corrected chi connectivity index (χ4v) is 4.50. The Morgan fingerprint density at radius 1 is 1.06 bits per heavy atom. The van der Waals surface area contributed by atoms with Crippen molar-refractivity contribution in [2.45, 2.75) is 20.4 Å². The SMILES string of the molecule is C=C/C=C(/c1ccccc1F)c1cc(-c2n[nH]c3ccc(-c4cncc(CNCC)c4)cc23)[nH]c1C. The zero-order valence-electron chi connectivity index (χ0n) is 20.4. The fourth-order valence-electron chi connectivity index (χ4n) is 4.50. The molecule has 0 aliphatic carbocycles. The van der Waals surface area contributed by atoms with Crippen molar-refractivity contribution < 1.29 is 4.39 Å². The Morgan fingerprint density at radius 2 is 1.92 bits per heavy atom. The van der Waals surface area contributed by atoms with Crippen LogP contribution in [0.4, 0.5) is 4.39 Å². The number of benzene rings is 2. The maximum Gasteiger partial charge on any atom is 0.131 e. The molecule has 6 heteroatoms. The monoisotopic (exact) mass is 477 g/mol. The third-order valence-electron chi connectivity index (χ3n) is 6.28. The van der Waals surface area contributed by atoms with Crippen molar-refractivity contribution >= 4 is 16.5 Å². The van der Waals surface area contributed by atoms with Crippen LogP contribution in [0.1, 0.15) is 29.3 Å². The molecule has 3 N–H and O–H groups in total.